The Labute approximate surface area is 133 Å². The molecule has 0 aliphatic heterocycles. The smallest absolute Gasteiger partial charge is 0.128 e. The van der Waals surface area contributed by atoms with E-state index in [-0.39, 0.29) is 0 Å². The summed E-state index contributed by atoms with van der Waals surface area (Å²) in [6.45, 7) is 4.33. The third kappa shape index (κ3) is 3.27. The van der Waals surface area contributed by atoms with Crippen molar-refractivity contribution in [3.63, 3.8) is 0 Å². The molecule has 108 valence electrons. The molecule has 2 aromatic heterocycles. The van der Waals surface area contributed by atoms with Gasteiger partial charge in [-0.25, -0.2) is 9.97 Å². The van der Waals surface area contributed by atoms with Crippen LogP contribution in [0.3, 0.4) is 0 Å². The summed E-state index contributed by atoms with van der Waals surface area (Å²) in [6, 6.07) is 10.7. The Morgan fingerprint density at radius 1 is 1.10 bits per heavy atom. The number of thioether (sulfide) groups is 1. The Hall–Kier alpha value is -1.39. The standard InChI is InChI=1S/C17H18N2S2/c1-12-13(2)21-17-15(12)16(18-11-19-17)20-10-6-9-14-7-4-3-5-8-14/h3-5,7-8,11H,6,9-10H2,1-2H3. The average molecular weight is 314 g/mol. The monoisotopic (exact) mass is 314 g/mol. The van der Waals surface area contributed by atoms with Crippen LogP contribution < -0.4 is 0 Å². The lowest BCUT2D eigenvalue weighted by molar-refractivity contribution is 0.931. The molecule has 0 spiro atoms. The summed E-state index contributed by atoms with van der Waals surface area (Å²) in [5.41, 5.74) is 2.75. The first kappa shape index (κ1) is 14.5. The van der Waals surface area contributed by atoms with Gasteiger partial charge < -0.3 is 0 Å². The van der Waals surface area contributed by atoms with Gasteiger partial charge in [0.05, 0.1) is 0 Å². The minimum absolute atomic E-state index is 1.09. The summed E-state index contributed by atoms with van der Waals surface area (Å²) >= 11 is 3.62. The number of fused-ring (bicyclic) bond motifs is 1. The minimum Gasteiger partial charge on any atom is -0.229 e. The zero-order valence-corrected chi connectivity index (χ0v) is 13.9. The van der Waals surface area contributed by atoms with Crippen LogP contribution in [0.5, 0.6) is 0 Å². The van der Waals surface area contributed by atoms with Gasteiger partial charge in [-0.3, -0.25) is 0 Å². The van der Waals surface area contributed by atoms with Gasteiger partial charge in [0.25, 0.3) is 0 Å². The van der Waals surface area contributed by atoms with E-state index in [0.29, 0.717) is 0 Å². The molecule has 0 fully saturated rings. The lowest BCUT2D eigenvalue weighted by Crippen LogP contribution is -1.90. The van der Waals surface area contributed by atoms with Gasteiger partial charge in [-0.15, -0.1) is 23.1 Å². The number of hydrogen-bond acceptors (Lipinski definition) is 4. The molecule has 4 heteroatoms. The predicted octanol–water partition coefficient (Wildman–Crippen LogP) is 5.03. The number of thiophene rings is 1. The van der Waals surface area contributed by atoms with E-state index in [1.807, 2.05) is 11.8 Å². The third-order valence-electron chi connectivity index (χ3n) is 3.62. The second kappa shape index (κ2) is 6.58. The van der Waals surface area contributed by atoms with Crippen LogP contribution in [-0.4, -0.2) is 15.7 Å². The van der Waals surface area contributed by atoms with Crippen LogP contribution in [-0.2, 0) is 6.42 Å². The Morgan fingerprint density at radius 2 is 1.90 bits per heavy atom. The van der Waals surface area contributed by atoms with Crippen molar-refractivity contribution in [3.8, 4) is 0 Å². The largest absolute Gasteiger partial charge is 0.229 e. The molecule has 0 amide bonds. The van der Waals surface area contributed by atoms with Gasteiger partial charge in [-0.1, -0.05) is 30.3 Å². The number of aryl methyl sites for hydroxylation is 3. The molecule has 0 aliphatic rings. The van der Waals surface area contributed by atoms with Crippen molar-refractivity contribution >= 4 is 33.3 Å². The maximum atomic E-state index is 4.48. The van der Waals surface area contributed by atoms with Gasteiger partial charge in [-0.05, 0) is 43.6 Å². The van der Waals surface area contributed by atoms with Gasteiger partial charge >= 0.3 is 0 Å². The van der Waals surface area contributed by atoms with Crippen LogP contribution in [0.2, 0.25) is 0 Å². The molecule has 1 aromatic carbocycles. The molecular weight excluding hydrogens is 296 g/mol. The highest BCUT2D eigenvalue weighted by molar-refractivity contribution is 7.99. The van der Waals surface area contributed by atoms with Crippen LogP contribution in [0, 0.1) is 13.8 Å². The van der Waals surface area contributed by atoms with E-state index in [4.69, 9.17) is 0 Å². The maximum absolute atomic E-state index is 4.48. The molecule has 0 aliphatic carbocycles. The summed E-state index contributed by atoms with van der Waals surface area (Å²) in [6.07, 6.45) is 3.99. The zero-order chi connectivity index (χ0) is 14.7. The quantitative estimate of drug-likeness (QED) is 0.375. The maximum Gasteiger partial charge on any atom is 0.128 e. The Balaban J connectivity index is 1.66. The third-order valence-corrected chi connectivity index (χ3v) is 5.81. The first-order chi connectivity index (χ1) is 10.3. The molecular formula is C17H18N2S2. The number of rotatable bonds is 5. The van der Waals surface area contributed by atoms with Crippen molar-refractivity contribution in [3.05, 3.63) is 52.7 Å². The molecule has 21 heavy (non-hydrogen) atoms. The van der Waals surface area contributed by atoms with Crippen LogP contribution in [0.1, 0.15) is 22.4 Å². The average Bonchev–Trinajstić information content (AvgIpc) is 2.80. The second-order valence-electron chi connectivity index (χ2n) is 5.08. The highest BCUT2D eigenvalue weighted by Gasteiger charge is 2.11. The predicted molar refractivity (Wildman–Crippen MR) is 92.4 cm³/mol. The highest BCUT2D eigenvalue weighted by Crippen LogP contribution is 2.34. The Morgan fingerprint density at radius 3 is 2.71 bits per heavy atom. The molecule has 2 heterocycles. The van der Waals surface area contributed by atoms with Gasteiger partial charge in [-0.2, -0.15) is 0 Å². The molecule has 0 radical (unpaired) electrons. The molecule has 0 bridgehead atoms. The summed E-state index contributed by atoms with van der Waals surface area (Å²) in [7, 11) is 0. The minimum atomic E-state index is 1.09. The zero-order valence-electron chi connectivity index (χ0n) is 12.3. The topological polar surface area (TPSA) is 25.8 Å². The molecule has 2 nitrogen and oxygen atoms in total. The Bertz CT molecular complexity index is 735. The SMILES string of the molecule is Cc1sc2ncnc(SCCCc3ccccc3)c2c1C. The van der Waals surface area contributed by atoms with E-state index < -0.39 is 0 Å². The van der Waals surface area contributed by atoms with Crippen LogP contribution in [0.4, 0.5) is 0 Å². The van der Waals surface area contributed by atoms with Crippen molar-refractivity contribution in [2.75, 3.05) is 5.75 Å². The van der Waals surface area contributed by atoms with E-state index in [1.165, 1.54) is 27.8 Å². The summed E-state index contributed by atoms with van der Waals surface area (Å²) in [5.74, 6) is 1.09. The molecule has 0 N–H and O–H groups in total. The highest BCUT2D eigenvalue weighted by atomic mass is 32.2. The summed E-state index contributed by atoms with van der Waals surface area (Å²) in [4.78, 5) is 11.3. The first-order valence-electron chi connectivity index (χ1n) is 7.13. The molecule has 3 rings (SSSR count). The van der Waals surface area contributed by atoms with Gasteiger partial charge in [0.15, 0.2) is 0 Å². The number of nitrogens with zero attached hydrogens (tertiary/aromatic N) is 2. The fourth-order valence-corrected chi connectivity index (χ4v) is 4.41. The number of aromatic nitrogens is 2. The van der Waals surface area contributed by atoms with Crippen molar-refractivity contribution in [2.24, 2.45) is 0 Å². The lowest BCUT2D eigenvalue weighted by Gasteiger charge is -2.04. The molecule has 3 aromatic rings. The van der Waals surface area contributed by atoms with Crippen molar-refractivity contribution in [1.82, 2.24) is 9.97 Å². The summed E-state index contributed by atoms with van der Waals surface area (Å²) < 4.78 is 0. The van der Waals surface area contributed by atoms with Crippen molar-refractivity contribution in [1.29, 1.82) is 0 Å². The van der Waals surface area contributed by atoms with Crippen LogP contribution >= 0.6 is 23.1 Å². The molecule has 0 saturated carbocycles. The Kier molecular flexibility index (Phi) is 4.56. The van der Waals surface area contributed by atoms with E-state index in [2.05, 4.69) is 54.1 Å². The van der Waals surface area contributed by atoms with Gasteiger partial charge in [0.2, 0.25) is 0 Å². The van der Waals surface area contributed by atoms with Crippen molar-refractivity contribution in [2.45, 2.75) is 31.7 Å². The molecule has 0 unspecified atom stereocenters. The van der Waals surface area contributed by atoms with E-state index >= 15 is 0 Å². The second-order valence-corrected chi connectivity index (χ2v) is 7.37. The fourth-order valence-electron chi connectivity index (χ4n) is 2.35. The van der Waals surface area contributed by atoms with Crippen LogP contribution in [0.15, 0.2) is 41.7 Å². The number of benzene rings is 1. The van der Waals surface area contributed by atoms with Gasteiger partial charge in [0, 0.05) is 10.3 Å². The van der Waals surface area contributed by atoms with E-state index in [0.717, 1.165) is 22.0 Å². The number of hydrogen-bond donors (Lipinski definition) is 0. The lowest BCUT2D eigenvalue weighted by atomic mass is 10.1. The van der Waals surface area contributed by atoms with Crippen LogP contribution in [0.25, 0.3) is 10.2 Å². The normalized spacial score (nSPS) is 11.1. The summed E-state index contributed by atoms with van der Waals surface area (Å²) in [5, 5.41) is 2.39. The molecule has 0 atom stereocenters. The molecule has 0 saturated heterocycles. The fraction of sp³-hybridized carbons (Fsp3) is 0.294. The van der Waals surface area contributed by atoms with E-state index in [9.17, 15) is 0 Å². The van der Waals surface area contributed by atoms with E-state index in [1.54, 1.807) is 17.7 Å². The first-order valence-corrected chi connectivity index (χ1v) is 8.93. The van der Waals surface area contributed by atoms with Crippen molar-refractivity contribution < 1.29 is 0 Å². The van der Waals surface area contributed by atoms with Gasteiger partial charge in [0.1, 0.15) is 16.2 Å².